The summed E-state index contributed by atoms with van der Waals surface area (Å²) in [6.07, 6.45) is -3.24. The Kier molecular flexibility index (Phi) is 4.90. The van der Waals surface area contributed by atoms with Gasteiger partial charge in [-0.1, -0.05) is 0 Å². The lowest BCUT2D eigenvalue weighted by molar-refractivity contribution is -0.384. The van der Waals surface area contributed by atoms with Crippen LogP contribution < -0.4 is 15.6 Å². The Bertz CT molecular complexity index is 1170. The van der Waals surface area contributed by atoms with Gasteiger partial charge < -0.3 is 10.1 Å². The lowest BCUT2D eigenvalue weighted by Gasteiger charge is -2.18. The molecular weight excluding hydrogens is 405 g/mol. The highest BCUT2D eigenvalue weighted by Crippen LogP contribution is 2.28. The minimum absolute atomic E-state index is 0.0431. The Morgan fingerprint density at radius 1 is 1.20 bits per heavy atom. The van der Waals surface area contributed by atoms with Crippen molar-refractivity contribution in [1.82, 2.24) is 14.9 Å². The zero-order valence-corrected chi connectivity index (χ0v) is 15.3. The first-order chi connectivity index (χ1) is 14.2. The third-order valence-electron chi connectivity index (χ3n) is 4.79. The van der Waals surface area contributed by atoms with Crippen LogP contribution in [0.3, 0.4) is 0 Å². The van der Waals surface area contributed by atoms with Crippen molar-refractivity contribution < 1.29 is 22.8 Å². The van der Waals surface area contributed by atoms with E-state index >= 15 is 0 Å². The summed E-state index contributed by atoms with van der Waals surface area (Å²) in [7, 11) is 0. The maximum atomic E-state index is 13.3. The Morgan fingerprint density at radius 2 is 1.93 bits per heavy atom. The normalized spacial score (nSPS) is 16.7. The van der Waals surface area contributed by atoms with Gasteiger partial charge in [-0.2, -0.15) is 0 Å². The summed E-state index contributed by atoms with van der Waals surface area (Å²) in [5, 5.41) is 14.4. The number of nitrogens with zero attached hydrogens (tertiary/aromatic N) is 3. The molecule has 1 aliphatic heterocycles. The number of halogens is 3. The highest BCUT2D eigenvalue weighted by Gasteiger charge is 2.31. The molecule has 1 N–H and O–H groups in total. The van der Waals surface area contributed by atoms with Gasteiger partial charge in [-0.05, 0) is 49.7 Å². The Morgan fingerprint density at radius 3 is 2.53 bits per heavy atom. The topological polar surface area (TPSA) is 99.3 Å². The largest absolute Gasteiger partial charge is 0.573 e. The molecule has 0 radical (unpaired) electrons. The lowest BCUT2D eigenvalue weighted by Crippen LogP contribution is -2.28. The van der Waals surface area contributed by atoms with Crippen molar-refractivity contribution in [1.29, 1.82) is 0 Å². The quantitative estimate of drug-likeness (QED) is 0.511. The van der Waals surface area contributed by atoms with E-state index in [2.05, 4.69) is 15.0 Å². The van der Waals surface area contributed by atoms with Gasteiger partial charge in [-0.25, -0.2) is 4.98 Å². The number of hydrogen-bond donors (Lipinski definition) is 1. The molecule has 1 aliphatic rings. The molecule has 30 heavy (non-hydrogen) atoms. The Hall–Kier alpha value is -3.47. The van der Waals surface area contributed by atoms with E-state index in [-0.39, 0.29) is 22.8 Å². The van der Waals surface area contributed by atoms with Crippen LogP contribution in [-0.4, -0.2) is 27.4 Å². The van der Waals surface area contributed by atoms with E-state index < -0.39 is 22.6 Å². The molecule has 1 atom stereocenters. The molecule has 11 heteroatoms. The first-order valence-electron chi connectivity index (χ1n) is 9.03. The smallest absolute Gasteiger partial charge is 0.406 e. The van der Waals surface area contributed by atoms with Gasteiger partial charge in [0.05, 0.1) is 27.6 Å². The number of aromatic nitrogens is 2. The summed E-state index contributed by atoms with van der Waals surface area (Å²) < 4.78 is 42.4. The number of benzene rings is 2. The van der Waals surface area contributed by atoms with Crippen molar-refractivity contribution in [2.75, 3.05) is 6.54 Å². The zero-order valence-electron chi connectivity index (χ0n) is 15.3. The van der Waals surface area contributed by atoms with Crippen molar-refractivity contribution in [2.24, 2.45) is 0 Å². The summed E-state index contributed by atoms with van der Waals surface area (Å²) in [5.74, 6) is -0.0347. The molecule has 8 nitrogen and oxygen atoms in total. The molecule has 0 spiro atoms. The number of fused-ring (bicyclic) bond motifs is 1. The van der Waals surface area contributed by atoms with E-state index in [1.807, 2.05) is 0 Å². The van der Waals surface area contributed by atoms with Crippen molar-refractivity contribution >= 4 is 16.6 Å². The van der Waals surface area contributed by atoms with Gasteiger partial charge in [0.15, 0.2) is 0 Å². The van der Waals surface area contributed by atoms with E-state index in [1.54, 1.807) is 0 Å². The van der Waals surface area contributed by atoms with Gasteiger partial charge >= 0.3 is 6.36 Å². The number of nitro benzene ring substituents is 1. The highest BCUT2D eigenvalue weighted by molar-refractivity contribution is 5.80. The number of nitro groups is 1. The average molecular weight is 420 g/mol. The minimum atomic E-state index is -4.83. The molecule has 156 valence electrons. The average Bonchev–Trinajstić information content (AvgIpc) is 3.22. The molecule has 1 aromatic heterocycles. The van der Waals surface area contributed by atoms with E-state index in [0.717, 1.165) is 37.6 Å². The molecule has 3 aromatic rings. The predicted octanol–water partition coefficient (Wildman–Crippen LogP) is 3.62. The van der Waals surface area contributed by atoms with Crippen LogP contribution in [0.25, 0.3) is 16.6 Å². The molecule has 1 fully saturated rings. The second-order valence-electron chi connectivity index (χ2n) is 6.76. The van der Waals surface area contributed by atoms with E-state index in [1.165, 1.54) is 28.8 Å². The van der Waals surface area contributed by atoms with E-state index in [4.69, 9.17) is 0 Å². The second kappa shape index (κ2) is 7.41. The number of nitrogens with one attached hydrogen (secondary N) is 1. The third-order valence-corrected chi connectivity index (χ3v) is 4.79. The van der Waals surface area contributed by atoms with Gasteiger partial charge in [0, 0.05) is 12.1 Å². The Balaban J connectivity index is 1.89. The number of ether oxygens (including phenoxy) is 1. The van der Waals surface area contributed by atoms with Crippen LogP contribution in [0.2, 0.25) is 0 Å². The number of alkyl halides is 3. The van der Waals surface area contributed by atoms with Crippen LogP contribution in [0.1, 0.15) is 24.7 Å². The minimum Gasteiger partial charge on any atom is -0.406 e. The summed E-state index contributed by atoms with van der Waals surface area (Å²) in [6, 6.07) is 8.42. The standard InChI is InChI=1S/C19H15F3N4O4/c20-19(21,22)30-13-6-3-11(4-7-13)25-17(16-2-1-9-23-16)24-15-8-5-12(26(28)29)10-14(15)18(25)27/h3-8,10,16,23H,1-2,9H2/t16-/m0/s1. The fourth-order valence-electron chi connectivity index (χ4n) is 3.49. The van der Waals surface area contributed by atoms with Gasteiger partial charge in [0.25, 0.3) is 11.2 Å². The van der Waals surface area contributed by atoms with Gasteiger partial charge in [-0.15, -0.1) is 13.2 Å². The fourth-order valence-corrected chi connectivity index (χ4v) is 3.49. The molecule has 1 saturated heterocycles. The monoisotopic (exact) mass is 420 g/mol. The molecular formula is C19H15F3N4O4. The number of hydrogen-bond acceptors (Lipinski definition) is 6. The summed E-state index contributed by atoms with van der Waals surface area (Å²) in [4.78, 5) is 28.3. The number of rotatable bonds is 4. The van der Waals surface area contributed by atoms with Crippen LogP contribution in [0.5, 0.6) is 5.75 Å². The maximum Gasteiger partial charge on any atom is 0.573 e. The summed E-state index contributed by atoms with van der Waals surface area (Å²) in [5.41, 5.74) is -0.216. The van der Waals surface area contributed by atoms with Crippen molar-refractivity contribution in [3.05, 3.63) is 68.8 Å². The van der Waals surface area contributed by atoms with Gasteiger partial charge in [-0.3, -0.25) is 19.5 Å². The zero-order chi connectivity index (χ0) is 21.5. The van der Waals surface area contributed by atoms with Crippen LogP contribution in [0, 0.1) is 10.1 Å². The molecule has 2 heterocycles. The first-order valence-corrected chi connectivity index (χ1v) is 9.03. The maximum absolute atomic E-state index is 13.3. The third kappa shape index (κ3) is 3.83. The number of non-ortho nitro benzene ring substituents is 1. The van der Waals surface area contributed by atoms with E-state index in [0.29, 0.717) is 11.3 Å². The van der Waals surface area contributed by atoms with Gasteiger partial charge in [0.2, 0.25) is 0 Å². The Labute approximate surface area is 167 Å². The van der Waals surface area contributed by atoms with Crippen LogP contribution in [0.4, 0.5) is 18.9 Å². The predicted molar refractivity (Wildman–Crippen MR) is 101 cm³/mol. The van der Waals surface area contributed by atoms with Crippen LogP contribution >= 0.6 is 0 Å². The molecule has 0 aliphatic carbocycles. The SMILES string of the molecule is O=c1c2cc([N+](=O)[O-])ccc2nc([C@@H]2CCCN2)n1-c1ccc(OC(F)(F)F)cc1. The fraction of sp³-hybridized carbons (Fsp3) is 0.263. The summed E-state index contributed by atoms with van der Waals surface area (Å²) >= 11 is 0. The molecule has 2 aromatic carbocycles. The van der Waals surface area contributed by atoms with Crippen LogP contribution in [0.15, 0.2) is 47.3 Å². The van der Waals surface area contributed by atoms with Gasteiger partial charge in [0.1, 0.15) is 11.6 Å². The molecule has 4 rings (SSSR count). The molecule has 0 unspecified atom stereocenters. The van der Waals surface area contributed by atoms with Crippen molar-refractivity contribution in [3.8, 4) is 11.4 Å². The van der Waals surface area contributed by atoms with Crippen molar-refractivity contribution in [3.63, 3.8) is 0 Å². The molecule has 0 bridgehead atoms. The molecule has 0 saturated carbocycles. The first kappa shape index (κ1) is 19.8. The molecule has 0 amide bonds. The highest BCUT2D eigenvalue weighted by atomic mass is 19.4. The lowest BCUT2D eigenvalue weighted by atomic mass is 10.1. The second-order valence-corrected chi connectivity index (χ2v) is 6.76. The summed E-state index contributed by atoms with van der Waals surface area (Å²) in [6.45, 7) is 0.733. The van der Waals surface area contributed by atoms with Crippen molar-refractivity contribution in [2.45, 2.75) is 25.2 Å². The van der Waals surface area contributed by atoms with Crippen LogP contribution in [-0.2, 0) is 0 Å². The van der Waals surface area contributed by atoms with E-state index in [9.17, 15) is 28.1 Å².